The molecule has 0 bridgehead atoms. The summed E-state index contributed by atoms with van der Waals surface area (Å²) in [6, 6.07) is 5.65. The van der Waals surface area contributed by atoms with Crippen LogP contribution in [0.2, 0.25) is 10.0 Å². The summed E-state index contributed by atoms with van der Waals surface area (Å²) < 4.78 is 1.92. The number of aliphatic hydroxyl groups excluding tert-OH is 1. The molecular weight excluding hydrogens is 335 g/mol. The number of aromatic nitrogens is 2. The summed E-state index contributed by atoms with van der Waals surface area (Å²) in [5.74, 6) is 0. The molecule has 1 fully saturated rings. The molecule has 0 saturated carbocycles. The van der Waals surface area contributed by atoms with Crippen molar-refractivity contribution < 1.29 is 5.11 Å². The number of benzene rings is 1. The van der Waals surface area contributed by atoms with Crippen molar-refractivity contribution in [3.8, 4) is 0 Å². The van der Waals surface area contributed by atoms with Crippen LogP contribution in [-0.2, 0) is 13.1 Å². The number of hydrogen-bond acceptors (Lipinski definition) is 4. The molecule has 0 atom stereocenters. The maximum absolute atomic E-state index is 8.94. The van der Waals surface area contributed by atoms with Crippen LogP contribution in [0.1, 0.15) is 5.69 Å². The molecule has 1 aliphatic rings. The van der Waals surface area contributed by atoms with Crippen molar-refractivity contribution in [2.24, 2.45) is 0 Å². The monoisotopic (exact) mass is 354 g/mol. The third-order valence-corrected chi connectivity index (χ3v) is 4.59. The first kappa shape index (κ1) is 16.6. The number of imidazole rings is 1. The average Bonchev–Trinajstić information content (AvgIpc) is 2.96. The van der Waals surface area contributed by atoms with Gasteiger partial charge in [-0.1, -0.05) is 23.2 Å². The van der Waals surface area contributed by atoms with Crippen LogP contribution < -0.4 is 4.90 Å². The van der Waals surface area contributed by atoms with Crippen LogP contribution in [0.3, 0.4) is 0 Å². The van der Waals surface area contributed by atoms with Crippen LogP contribution in [0.15, 0.2) is 30.7 Å². The molecule has 0 spiro atoms. The van der Waals surface area contributed by atoms with E-state index in [-0.39, 0.29) is 6.61 Å². The Balaban J connectivity index is 1.55. The SMILES string of the molecule is OCCn1cnc(CN2CCN(c3ccc(Cl)cc3Cl)CC2)c1. The van der Waals surface area contributed by atoms with Gasteiger partial charge in [0.05, 0.1) is 29.3 Å². The fourth-order valence-corrected chi connectivity index (χ4v) is 3.37. The molecule has 5 nitrogen and oxygen atoms in total. The Morgan fingerprint density at radius 3 is 2.61 bits per heavy atom. The van der Waals surface area contributed by atoms with Gasteiger partial charge in [0.2, 0.25) is 0 Å². The first-order valence-electron chi connectivity index (χ1n) is 7.69. The van der Waals surface area contributed by atoms with Gasteiger partial charge in [-0.25, -0.2) is 4.98 Å². The lowest BCUT2D eigenvalue weighted by Crippen LogP contribution is -2.46. The van der Waals surface area contributed by atoms with E-state index in [1.807, 2.05) is 22.9 Å². The average molecular weight is 355 g/mol. The summed E-state index contributed by atoms with van der Waals surface area (Å²) in [6.07, 6.45) is 3.77. The third kappa shape index (κ3) is 4.18. The van der Waals surface area contributed by atoms with E-state index in [1.165, 1.54) is 0 Å². The van der Waals surface area contributed by atoms with Gasteiger partial charge in [0.15, 0.2) is 0 Å². The summed E-state index contributed by atoms with van der Waals surface area (Å²) in [6.45, 7) is 5.35. The molecule has 3 rings (SSSR count). The Labute approximate surface area is 146 Å². The first-order valence-corrected chi connectivity index (χ1v) is 8.45. The number of rotatable bonds is 5. The highest BCUT2D eigenvalue weighted by Gasteiger charge is 2.19. The molecule has 0 amide bonds. The summed E-state index contributed by atoms with van der Waals surface area (Å²) >= 11 is 12.2. The van der Waals surface area contributed by atoms with Crippen molar-refractivity contribution in [3.05, 3.63) is 46.5 Å². The third-order valence-electron chi connectivity index (χ3n) is 4.05. The zero-order valence-corrected chi connectivity index (χ0v) is 14.3. The van der Waals surface area contributed by atoms with Gasteiger partial charge < -0.3 is 14.6 Å². The zero-order valence-electron chi connectivity index (χ0n) is 12.8. The molecule has 23 heavy (non-hydrogen) atoms. The zero-order chi connectivity index (χ0) is 16.2. The number of aliphatic hydroxyl groups is 1. The molecule has 0 radical (unpaired) electrons. The quantitative estimate of drug-likeness (QED) is 0.895. The van der Waals surface area contributed by atoms with E-state index in [2.05, 4.69) is 14.8 Å². The van der Waals surface area contributed by atoms with Gasteiger partial charge in [0.25, 0.3) is 0 Å². The largest absolute Gasteiger partial charge is 0.395 e. The molecule has 0 aliphatic carbocycles. The Morgan fingerprint density at radius 1 is 1.13 bits per heavy atom. The first-order chi connectivity index (χ1) is 11.2. The molecular formula is C16H20Cl2N4O. The van der Waals surface area contributed by atoms with Gasteiger partial charge in [0.1, 0.15) is 0 Å². The highest BCUT2D eigenvalue weighted by Crippen LogP contribution is 2.29. The van der Waals surface area contributed by atoms with Gasteiger partial charge in [-0.05, 0) is 18.2 Å². The normalized spacial score (nSPS) is 16.0. The van der Waals surface area contributed by atoms with Gasteiger partial charge >= 0.3 is 0 Å². The topological polar surface area (TPSA) is 44.5 Å². The lowest BCUT2D eigenvalue weighted by atomic mass is 10.2. The number of nitrogens with zero attached hydrogens (tertiary/aromatic N) is 4. The molecule has 2 heterocycles. The maximum Gasteiger partial charge on any atom is 0.0950 e. The fraction of sp³-hybridized carbons (Fsp3) is 0.438. The number of piperazine rings is 1. The molecule has 1 aromatic heterocycles. The van der Waals surface area contributed by atoms with Crippen LogP contribution in [0.25, 0.3) is 0 Å². The van der Waals surface area contributed by atoms with E-state index in [1.54, 1.807) is 12.4 Å². The number of anilines is 1. The summed E-state index contributed by atoms with van der Waals surface area (Å²) in [4.78, 5) is 9.06. The van der Waals surface area contributed by atoms with Gasteiger partial charge in [-0.2, -0.15) is 0 Å². The minimum Gasteiger partial charge on any atom is -0.395 e. The van der Waals surface area contributed by atoms with E-state index in [0.717, 1.165) is 44.1 Å². The highest BCUT2D eigenvalue weighted by molar-refractivity contribution is 6.36. The van der Waals surface area contributed by atoms with E-state index in [9.17, 15) is 0 Å². The molecule has 1 aliphatic heterocycles. The molecule has 1 aromatic carbocycles. The Morgan fingerprint density at radius 2 is 1.91 bits per heavy atom. The van der Waals surface area contributed by atoms with Crippen LogP contribution in [0, 0.1) is 0 Å². The number of hydrogen-bond donors (Lipinski definition) is 1. The Bertz CT molecular complexity index is 653. The van der Waals surface area contributed by atoms with Crippen molar-refractivity contribution in [2.45, 2.75) is 13.1 Å². The van der Waals surface area contributed by atoms with Gasteiger partial charge in [-0.3, -0.25) is 4.90 Å². The summed E-state index contributed by atoms with van der Waals surface area (Å²) in [5.41, 5.74) is 2.08. The molecule has 124 valence electrons. The van der Waals surface area contributed by atoms with Gasteiger partial charge in [-0.15, -0.1) is 0 Å². The van der Waals surface area contributed by atoms with Crippen LogP contribution in [0.4, 0.5) is 5.69 Å². The summed E-state index contributed by atoms with van der Waals surface area (Å²) in [7, 11) is 0. The minimum absolute atomic E-state index is 0.135. The highest BCUT2D eigenvalue weighted by atomic mass is 35.5. The molecule has 1 N–H and O–H groups in total. The van der Waals surface area contributed by atoms with Crippen molar-refractivity contribution in [1.29, 1.82) is 0 Å². The van der Waals surface area contributed by atoms with Crippen LogP contribution >= 0.6 is 23.2 Å². The Hall–Kier alpha value is -1.27. The second kappa shape index (κ2) is 7.53. The van der Waals surface area contributed by atoms with E-state index in [0.29, 0.717) is 16.6 Å². The lowest BCUT2D eigenvalue weighted by molar-refractivity contribution is 0.247. The van der Waals surface area contributed by atoms with E-state index < -0.39 is 0 Å². The van der Waals surface area contributed by atoms with E-state index >= 15 is 0 Å². The van der Waals surface area contributed by atoms with Crippen molar-refractivity contribution >= 4 is 28.9 Å². The fourth-order valence-electron chi connectivity index (χ4n) is 2.84. The van der Waals surface area contributed by atoms with Crippen molar-refractivity contribution in [2.75, 3.05) is 37.7 Å². The predicted molar refractivity (Wildman–Crippen MR) is 93.3 cm³/mol. The van der Waals surface area contributed by atoms with Gasteiger partial charge in [0, 0.05) is 50.5 Å². The second-order valence-corrected chi connectivity index (χ2v) is 6.53. The van der Waals surface area contributed by atoms with E-state index in [4.69, 9.17) is 28.3 Å². The van der Waals surface area contributed by atoms with Crippen LogP contribution in [0.5, 0.6) is 0 Å². The maximum atomic E-state index is 8.94. The molecule has 1 saturated heterocycles. The molecule has 0 unspecified atom stereocenters. The smallest absolute Gasteiger partial charge is 0.0950 e. The molecule has 7 heteroatoms. The number of halogens is 2. The lowest BCUT2D eigenvalue weighted by Gasteiger charge is -2.36. The second-order valence-electron chi connectivity index (χ2n) is 5.69. The molecule has 2 aromatic rings. The summed E-state index contributed by atoms with van der Waals surface area (Å²) in [5, 5.41) is 10.3. The minimum atomic E-state index is 0.135. The standard InChI is InChI=1S/C16H20Cl2N4O/c17-13-1-2-16(15(18)9-13)22-5-3-20(4-6-22)10-14-11-21(7-8-23)12-19-14/h1-2,9,11-12,23H,3-8,10H2. The van der Waals surface area contributed by atoms with Crippen molar-refractivity contribution in [3.63, 3.8) is 0 Å². The van der Waals surface area contributed by atoms with Crippen LogP contribution in [-0.4, -0.2) is 52.3 Å². The predicted octanol–water partition coefficient (Wildman–Crippen LogP) is 2.50. The Kier molecular flexibility index (Phi) is 5.43. The van der Waals surface area contributed by atoms with Crippen molar-refractivity contribution in [1.82, 2.24) is 14.5 Å².